The van der Waals surface area contributed by atoms with E-state index in [9.17, 15) is 0 Å². The van der Waals surface area contributed by atoms with Crippen molar-refractivity contribution in [2.24, 2.45) is 0 Å². The summed E-state index contributed by atoms with van der Waals surface area (Å²) >= 11 is 0. The molecule has 0 aliphatic heterocycles. The minimum atomic E-state index is -0.129. The molecule has 0 spiro atoms. The average Bonchev–Trinajstić information content (AvgIpc) is 2.70. The maximum absolute atomic E-state index is 3.14. The molecule has 0 bridgehead atoms. The third kappa shape index (κ3) is 2.61. The predicted octanol–water partition coefficient (Wildman–Crippen LogP) is 5.82. The molecular formula is C24H19. The van der Waals surface area contributed by atoms with Crippen LogP contribution in [0.15, 0.2) is 103 Å². The Kier molecular flexibility index (Phi) is 3.88. The standard InChI is InChI=1S/C24H19/c1-4-11-20(12-5-1)21-13-10-18-24(19-21,22-14-6-2-7-15-22)23-16-8-3-9-17-23/h1-2,4-18H,19H2. The molecule has 1 aliphatic rings. The highest BCUT2D eigenvalue weighted by Crippen LogP contribution is 2.44. The number of hydrogen-bond donors (Lipinski definition) is 0. The fraction of sp³-hybridized carbons (Fsp3) is 0.0833. The van der Waals surface area contributed by atoms with E-state index in [1.807, 2.05) is 12.1 Å². The van der Waals surface area contributed by atoms with Crippen LogP contribution in [0.5, 0.6) is 0 Å². The lowest BCUT2D eigenvalue weighted by Gasteiger charge is -2.35. The maximum atomic E-state index is 3.14. The number of allylic oxidation sites excluding steroid dienone is 4. The molecule has 24 heavy (non-hydrogen) atoms. The molecule has 3 aromatic carbocycles. The molecule has 0 amide bonds. The van der Waals surface area contributed by atoms with Crippen molar-refractivity contribution in [2.75, 3.05) is 0 Å². The predicted molar refractivity (Wildman–Crippen MR) is 101 cm³/mol. The number of hydrogen-bond acceptors (Lipinski definition) is 0. The Labute approximate surface area is 143 Å². The van der Waals surface area contributed by atoms with E-state index < -0.39 is 0 Å². The van der Waals surface area contributed by atoms with Gasteiger partial charge >= 0.3 is 0 Å². The quantitative estimate of drug-likeness (QED) is 0.572. The summed E-state index contributed by atoms with van der Waals surface area (Å²) in [5, 5.41) is 0. The smallest absolute Gasteiger partial charge is 0.0425 e. The van der Waals surface area contributed by atoms with Gasteiger partial charge in [-0.05, 0) is 34.8 Å². The van der Waals surface area contributed by atoms with Crippen LogP contribution >= 0.6 is 0 Å². The highest BCUT2D eigenvalue weighted by molar-refractivity contribution is 5.72. The summed E-state index contributed by atoms with van der Waals surface area (Å²) < 4.78 is 0. The zero-order valence-electron chi connectivity index (χ0n) is 13.5. The maximum Gasteiger partial charge on any atom is 0.0425 e. The molecule has 1 unspecified atom stereocenters. The summed E-state index contributed by atoms with van der Waals surface area (Å²) in [7, 11) is 0. The van der Waals surface area contributed by atoms with Crippen molar-refractivity contribution in [1.82, 2.24) is 0 Å². The van der Waals surface area contributed by atoms with Crippen molar-refractivity contribution in [3.63, 3.8) is 0 Å². The van der Waals surface area contributed by atoms with E-state index in [-0.39, 0.29) is 5.41 Å². The van der Waals surface area contributed by atoms with Crippen LogP contribution in [0, 0.1) is 6.07 Å². The van der Waals surface area contributed by atoms with Crippen molar-refractivity contribution in [2.45, 2.75) is 11.8 Å². The Balaban J connectivity index is 1.85. The summed E-state index contributed by atoms with van der Waals surface area (Å²) in [6.45, 7) is 0. The third-order valence-corrected chi connectivity index (χ3v) is 4.81. The van der Waals surface area contributed by atoms with Gasteiger partial charge in [-0.15, -0.1) is 0 Å². The van der Waals surface area contributed by atoms with Gasteiger partial charge in [0.25, 0.3) is 0 Å². The van der Waals surface area contributed by atoms with Crippen LogP contribution in [0.3, 0.4) is 0 Å². The summed E-state index contributed by atoms with van der Waals surface area (Å²) in [5.74, 6) is 0. The van der Waals surface area contributed by atoms with E-state index in [1.165, 1.54) is 22.3 Å². The minimum absolute atomic E-state index is 0.129. The Morgan fingerprint density at radius 3 is 2.04 bits per heavy atom. The average molecular weight is 307 g/mol. The van der Waals surface area contributed by atoms with Gasteiger partial charge in [0.2, 0.25) is 0 Å². The molecule has 115 valence electrons. The first kappa shape index (κ1) is 14.7. The van der Waals surface area contributed by atoms with E-state index in [4.69, 9.17) is 0 Å². The zero-order valence-corrected chi connectivity index (χ0v) is 13.5. The first-order chi connectivity index (χ1) is 11.9. The Morgan fingerprint density at radius 1 is 0.708 bits per heavy atom. The lowest BCUT2D eigenvalue weighted by molar-refractivity contribution is 0.658. The molecule has 0 saturated carbocycles. The van der Waals surface area contributed by atoms with E-state index in [0.717, 1.165) is 6.42 Å². The van der Waals surface area contributed by atoms with E-state index in [2.05, 4.69) is 97.1 Å². The molecular weight excluding hydrogens is 288 g/mol. The van der Waals surface area contributed by atoms with Crippen molar-refractivity contribution in [1.29, 1.82) is 0 Å². The molecule has 0 nitrogen and oxygen atoms in total. The van der Waals surface area contributed by atoms with Crippen molar-refractivity contribution >= 4 is 5.57 Å². The monoisotopic (exact) mass is 307 g/mol. The highest BCUT2D eigenvalue weighted by atomic mass is 14.4. The molecule has 1 atom stereocenters. The van der Waals surface area contributed by atoms with Gasteiger partial charge in [-0.25, -0.2) is 0 Å². The van der Waals surface area contributed by atoms with Gasteiger partial charge < -0.3 is 0 Å². The molecule has 0 saturated heterocycles. The molecule has 0 N–H and O–H groups in total. The first-order valence-electron chi connectivity index (χ1n) is 8.34. The second kappa shape index (κ2) is 6.33. The van der Waals surface area contributed by atoms with Crippen LogP contribution in [0.4, 0.5) is 0 Å². The number of rotatable bonds is 3. The fourth-order valence-corrected chi connectivity index (χ4v) is 3.58. The largest absolute Gasteiger partial charge is 0.0693 e. The van der Waals surface area contributed by atoms with Gasteiger partial charge in [-0.2, -0.15) is 0 Å². The molecule has 1 radical (unpaired) electrons. The fourth-order valence-electron chi connectivity index (χ4n) is 3.58. The lowest BCUT2D eigenvalue weighted by atomic mass is 9.67. The normalized spacial score (nSPS) is 15.8. The van der Waals surface area contributed by atoms with E-state index >= 15 is 0 Å². The molecule has 1 aliphatic carbocycles. The zero-order chi connectivity index (χ0) is 16.2. The SMILES string of the molecule is [c]1ccc(C2(c3ccccc3)C=CC=C(c3ccccc3)C2)cc1. The third-order valence-electron chi connectivity index (χ3n) is 4.81. The molecule has 0 aromatic heterocycles. The lowest BCUT2D eigenvalue weighted by Crippen LogP contribution is -2.27. The summed E-state index contributed by atoms with van der Waals surface area (Å²) in [6, 6.07) is 33.0. The van der Waals surface area contributed by atoms with Gasteiger partial charge in [0.1, 0.15) is 0 Å². The summed E-state index contributed by atoms with van der Waals surface area (Å²) in [5.41, 5.74) is 5.18. The Bertz CT molecular complexity index is 816. The highest BCUT2D eigenvalue weighted by Gasteiger charge is 2.34. The minimum Gasteiger partial charge on any atom is -0.0693 e. The van der Waals surface area contributed by atoms with E-state index in [0.29, 0.717) is 0 Å². The number of benzene rings is 3. The van der Waals surface area contributed by atoms with Gasteiger partial charge in [0, 0.05) is 5.41 Å². The topological polar surface area (TPSA) is 0 Å². The molecule has 4 rings (SSSR count). The molecule has 0 heterocycles. The van der Waals surface area contributed by atoms with Crippen LogP contribution in [0.1, 0.15) is 23.1 Å². The summed E-state index contributed by atoms with van der Waals surface area (Å²) in [4.78, 5) is 0. The van der Waals surface area contributed by atoms with Crippen molar-refractivity contribution in [3.8, 4) is 0 Å². The van der Waals surface area contributed by atoms with Gasteiger partial charge in [-0.1, -0.05) is 103 Å². The van der Waals surface area contributed by atoms with E-state index in [1.54, 1.807) is 0 Å². The van der Waals surface area contributed by atoms with Crippen LogP contribution in [0.2, 0.25) is 0 Å². The van der Waals surface area contributed by atoms with Crippen LogP contribution in [-0.2, 0) is 5.41 Å². The van der Waals surface area contributed by atoms with Crippen LogP contribution in [-0.4, -0.2) is 0 Å². The second-order valence-corrected chi connectivity index (χ2v) is 6.22. The molecule has 0 heteroatoms. The molecule has 0 fully saturated rings. The molecule has 3 aromatic rings. The van der Waals surface area contributed by atoms with Gasteiger partial charge in [0.05, 0.1) is 0 Å². The second-order valence-electron chi connectivity index (χ2n) is 6.22. The van der Waals surface area contributed by atoms with Gasteiger partial charge in [-0.3, -0.25) is 0 Å². The first-order valence-corrected chi connectivity index (χ1v) is 8.34. The van der Waals surface area contributed by atoms with Crippen molar-refractivity contribution in [3.05, 3.63) is 126 Å². The Hall–Kier alpha value is -2.86. The Morgan fingerprint density at radius 2 is 1.33 bits per heavy atom. The van der Waals surface area contributed by atoms with Crippen LogP contribution < -0.4 is 0 Å². The van der Waals surface area contributed by atoms with Crippen molar-refractivity contribution < 1.29 is 0 Å². The summed E-state index contributed by atoms with van der Waals surface area (Å²) in [6.07, 6.45) is 7.74. The van der Waals surface area contributed by atoms with Crippen LogP contribution in [0.25, 0.3) is 5.57 Å². The van der Waals surface area contributed by atoms with Gasteiger partial charge in [0.15, 0.2) is 0 Å².